The topological polar surface area (TPSA) is 51.5 Å². The second-order valence-electron chi connectivity index (χ2n) is 6.72. The van der Waals surface area contributed by atoms with E-state index in [0.717, 1.165) is 16.5 Å². The molecule has 0 saturated heterocycles. The number of benzene rings is 3. The number of nitrogens with one attached hydrogen (secondary N) is 1. The molecule has 4 heteroatoms. The van der Waals surface area contributed by atoms with Crippen LogP contribution < -0.4 is 10.1 Å². The van der Waals surface area contributed by atoms with Gasteiger partial charge in [0.2, 0.25) is 0 Å². The first kappa shape index (κ1) is 17.9. The number of furan rings is 1. The largest absolute Gasteiger partial charge is 0.493 e. The van der Waals surface area contributed by atoms with Gasteiger partial charge in [0.1, 0.15) is 0 Å². The monoisotopic (exact) mass is 371 g/mol. The lowest BCUT2D eigenvalue weighted by atomic mass is 9.97. The third kappa shape index (κ3) is 3.49. The number of hydrogen-bond donors (Lipinski definition) is 1. The van der Waals surface area contributed by atoms with Crippen molar-refractivity contribution in [1.29, 1.82) is 0 Å². The molecule has 1 aromatic heterocycles. The van der Waals surface area contributed by atoms with Crippen molar-refractivity contribution in [3.8, 4) is 5.75 Å². The van der Waals surface area contributed by atoms with Crippen molar-refractivity contribution in [3.05, 3.63) is 101 Å². The molecule has 1 amide bonds. The molecule has 28 heavy (non-hydrogen) atoms. The van der Waals surface area contributed by atoms with Crippen molar-refractivity contribution in [1.82, 2.24) is 5.32 Å². The van der Waals surface area contributed by atoms with Gasteiger partial charge in [0.15, 0.2) is 17.1 Å². The number of ether oxygens (including phenoxy) is 1. The summed E-state index contributed by atoms with van der Waals surface area (Å²) in [6.45, 7) is 2.04. The van der Waals surface area contributed by atoms with Crippen LogP contribution in [0.1, 0.15) is 33.3 Å². The maximum Gasteiger partial charge on any atom is 0.287 e. The highest BCUT2D eigenvalue weighted by atomic mass is 16.5. The summed E-state index contributed by atoms with van der Waals surface area (Å²) in [4.78, 5) is 13.0. The van der Waals surface area contributed by atoms with Crippen LogP contribution in [0.25, 0.3) is 11.0 Å². The standard InChI is InChI=1S/C24H21NO3/c1-16-11-13-18(14-12-16)22(17-7-4-3-5-8-17)25-24(26)21-15-19-9-6-10-20(27-2)23(19)28-21/h3-15,22H,1-2H3,(H,25,26)/t22-/m0/s1. The molecule has 4 nitrogen and oxygen atoms in total. The molecule has 0 saturated carbocycles. The molecule has 0 fully saturated rings. The number of carbonyl (C=O) groups is 1. The van der Waals surface area contributed by atoms with Crippen LogP contribution >= 0.6 is 0 Å². The van der Waals surface area contributed by atoms with Crippen molar-refractivity contribution in [3.63, 3.8) is 0 Å². The normalized spacial score (nSPS) is 11.9. The van der Waals surface area contributed by atoms with Gasteiger partial charge in [-0.1, -0.05) is 72.3 Å². The Morgan fingerprint density at radius 2 is 1.64 bits per heavy atom. The summed E-state index contributed by atoms with van der Waals surface area (Å²) in [5.41, 5.74) is 3.76. The van der Waals surface area contributed by atoms with Crippen LogP contribution in [0.4, 0.5) is 0 Å². The predicted octanol–water partition coefficient (Wildman–Crippen LogP) is 5.27. The zero-order chi connectivity index (χ0) is 19.5. The van der Waals surface area contributed by atoms with Gasteiger partial charge in [0.25, 0.3) is 5.91 Å². The maximum absolute atomic E-state index is 13.0. The van der Waals surface area contributed by atoms with Crippen LogP contribution in [0.3, 0.4) is 0 Å². The van der Waals surface area contributed by atoms with Gasteiger partial charge in [0, 0.05) is 5.39 Å². The fourth-order valence-corrected chi connectivity index (χ4v) is 3.27. The van der Waals surface area contributed by atoms with E-state index in [2.05, 4.69) is 5.32 Å². The Morgan fingerprint density at radius 3 is 2.36 bits per heavy atom. The van der Waals surface area contributed by atoms with Crippen LogP contribution in [-0.4, -0.2) is 13.0 Å². The van der Waals surface area contributed by atoms with Crippen molar-refractivity contribution in [2.45, 2.75) is 13.0 Å². The van der Waals surface area contributed by atoms with E-state index in [1.165, 1.54) is 5.56 Å². The molecule has 0 spiro atoms. The first-order valence-corrected chi connectivity index (χ1v) is 9.14. The summed E-state index contributed by atoms with van der Waals surface area (Å²) in [6, 6.07) is 25.1. The minimum atomic E-state index is -0.274. The van der Waals surface area contributed by atoms with E-state index >= 15 is 0 Å². The Balaban J connectivity index is 1.68. The van der Waals surface area contributed by atoms with Crippen LogP contribution in [0, 0.1) is 6.92 Å². The van der Waals surface area contributed by atoms with Crippen molar-refractivity contribution >= 4 is 16.9 Å². The van der Waals surface area contributed by atoms with Gasteiger partial charge in [-0.15, -0.1) is 0 Å². The van der Waals surface area contributed by atoms with Crippen molar-refractivity contribution in [2.24, 2.45) is 0 Å². The second-order valence-corrected chi connectivity index (χ2v) is 6.72. The summed E-state index contributed by atoms with van der Waals surface area (Å²) < 4.78 is 11.1. The smallest absolute Gasteiger partial charge is 0.287 e. The third-order valence-corrected chi connectivity index (χ3v) is 4.77. The van der Waals surface area contributed by atoms with Crippen LogP contribution in [0.5, 0.6) is 5.75 Å². The van der Waals surface area contributed by atoms with Gasteiger partial charge < -0.3 is 14.5 Å². The SMILES string of the molecule is COc1cccc2cc(C(=O)N[C@@H](c3ccccc3)c3ccc(C)cc3)oc12. The highest BCUT2D eigenvalue weighted by molar-refractivity contribution is 5.97. The van der Waals surface area contributed by atoms with Crippen LogP contribution in [-0.2, 0) is 0 Å². The Morgan fingerprint density at radius 1 is 0.929 bits per heavy atom. The van der Waals surface area contributed by atoms with Crippen molar-refractivity contribution < 1.29 is 13.9 Å². The number of carbonyl (C=O) groups excluding carboxylic acids is 1. The lowest BCUT2D eigenvalue weighted by Gasteiger charge is -2.19. The quantitative estimate of drug-likeness (QED) is 0.520. The molecular formula is C24H21NO3. The molecule has 1 atom stereocenters. The van der Waals surface area contributed by atoms with E-state index in [-0.39, 0.29) is 17.7 Å². The highest BCUT2D eigenvalue weighted by Crippen LogP contribution is 2.29. The van der Waals surface area contributed by atoms with E-state index in [9.17, 15) is 4.79 Å². The molecule has 0 aliphatic carbocycles. The van der Waals surface area contributed by atoms with Crippen molar-refractivity contribution in [2.75, 3.05) is 7.11 Å². The fourth-order valence-electron chi connectivity index (χ4n) is 3.27. The summed E-state index contributed by atoms with van der Waals surface area (Å²) >= 11 is 0. The minimum Gasteiger partial charge on any atom is -0.493 e. The van der Waals surface area contributed by atoms with Gasteiger partial charge in [0.05, 0.1) is 13.2 Å². The number of methoxy groups -OCH3 is 1. The zero-order valence-electron chi connectivity index (χ0n) is 15.8. The Bertz CT molecular complexity index is 1100. The molecule has 3 aromatic carbocycles. The van der Waals surface area contributed by atoms with E-state index in [4.69, 9.17) is 9.15 Å². The van der Waals surface area contributed by atoms with Crippen LogP contribution in [0.2, 0.25) is 0 Å². The molecule has 1 N–H and O–H groups in total. The molecule has 0 aliphatic rings. The van der Waals surface area contributed by atoms with Gasteiger partial charge in [-0.05, 0) is 30.2 Å². The Labute approximate surface area is 163 Å². The second kappa shape index (κ2) is 7.61. The summed E-state index contributed by atoms with van der Waals surface area (Å²) in [5, 5.41) is 3.94. The summed E-state index contributed by atoms with van der Waals surface area (Å²) in [7, 11) is 1.58. The van der Waals surface area contributed by atoms with Crippen LogP contribution in [0.15, 0.2) is 83.3 Å². The zero-order valence-corrected chi connectivity index (χ0v) is 15.8. The number of para-hydroxylation sites is 1. The fraction of sp³-hybridized carbons (Fsp3) is 0.125. The van der Waals surface area contributed by atoms with Gasteiger partial charge in [-0.25, -0.2) is 0 Å². The number of aryl methyl sites for hydroxylation is 1. The van der Waals surface area contributed by atoms with Gasteiger partial charge in [-0.3, -0.25) is 4.79 Å². The first-order valence-electron chi connectivity index (χ1n) is 9.14. The average molecular weight is 371 g/mol. The number of hydrogen-bond acceptors (Lipinski definition) is 3. The lowest BCUT2D eigenvalue weighted by Crippen LogP contribution is -2.29. The number of fused-ring (bicyclic) bond motifs is 1. The highest BCUT2D eigenvalue weighted by Gasteiger charge is 2.21. The molecule has 140 valence electrons. The molecule has 1 heterocycles. The Kier molecular flexibility index (Phi) is 4.85. The first-order chi connectivity index (χ1) is 13.7. The summed E-state index contributed by atoms with van der Waals surface area (Å²) in [6.07, 6.45) is 0. The molecule has 0 aliphatic heterocycles. The molecule has 0 bridgehead atoms. The molecule has 0 unspecified atom stereocenters. The average Bonchev–Trinajstić information content (AvgIpc) is 3.18. The third-order valence-electron chi connectivity index (χ3n) is 4.77. The molecule has 4 rings (SSSR count). The maximum atomic E-state index is 13.0. The van der Waals surface area contributed by atoms with Gasteiger partial charge >= 0.3 is 0 Å². The van der Waals surface area contributed by atoms with E-state index < -0.39 is 0 Å². The van der Waals surface area contributed by atoms with E-state index in [0.29, 0.717) is 11.3 Å². The molecular weight excluding hydrogens is 350 g/mol. The number of amides is 1. The number of rotatable bonds is 5. The van der Waals surface area contributed by atoms with E-state index in [1.807, 2.05) is 79.7 Å². The molecule has 0 radical (unpaired) electrons. The Hall–Kier alpha value is -3.53. The van der Waals surface area contributed by atoms with Gasteiger partial charge in [-0.2, -0.15) is 0 Å². The van der Waals surface area contributed by atoms with E-state index in [1.54, 1.807) is 13.2 Å². The predicted molar refractivity (Wildman–Crippen MR) is 110 cm³/mol. The molecule has 4 aromatic rings. The lowest BCUT2D eigenvalue weighted by molar-refractivity contribution is 0.0917. The summed E-state index contributed by atoms with van der Waals surface area (Å²) in [5.74, 6) is 0.593. The minimum absolute atomic E-state index is 0.257.